The number of rotatable bonds is 6. The van der Waals surface area contributed by atoms with Gasteiger partial charge < -0.3 is 21.2 Å². The molecule has 2 heterocycles. The van der Waals surface area contributed by atoms with Gasteiger partial charge in [0, 0.05) is 28.8 Å². The number of primary sulfonamides is 1. The third-order valence-electron chi connectivity index (χ3n) is 4.60. The average Bonchev–Trinajstić information content (AvgIpc) is 3.02. The maximum Gasteiger partial charge on any atom is 0.292 e. The summed E-state index contributed by atoms with van der Waals surface area (Å²) >= 11 is 1.41. The van der Waals surface area contributed by atoms with Crippen LogP contribution in [0.1, 0.15) is 5.56 Å². The van der Waals surface area contributed by atoms with Crippen molar-refractivity contribution in [3.8, 4) is 11.1 Å². The van der Waals surface area contributed by atoms with Crippen LogP contribution in [0.5, 0.6) is 0 Å². The molecule has 1 aliphatic heterocycles. The largest absolute Gasteiger partial charge is 0.424 e. The number of oxazole rings is 1. The number of aromatic nitrogens is 1. The predicted molar refractivity (Wildman–Crippen MR) is 116 cm³/mol. The first kappa shape index (κ1) is 20.4. The van der Waals surface area contributed by atoms with Crippen molar-refractivity contribution >= 4 is 44.7 Å². The van der Waals surface area contributed by atoms with E-state index in [9.17, 15) is 8.42 Å². The molecule has 0 saturated carbocycles. The van der Waals surface area contributed by atoms with Crippen LogP contribution in [0, 0.1) is 0 Å². The lowest BCUT2D eigenvalue weighted by Gasteiger charge is -2.27. The van der Waals surface area contributed by atoms with Crippen LogP contribution in [0.25, 0.3) is 22.2 Å². The number of nitrogens with zero attached hydrogens (tertiary/aromatic N) is 2. The van der Waals surface area contributed by atoms with E-state index in [0.29, 0.717) is 27.1 Å². The second-order valence-corrected chi connectivity index (χ2v) is 9.46. The highest BCUT2D eigenvalue weighted by Gasteiger charge is 2.28. The molecule has 0 atom stereocenters. The van der Waals surface area contributed by atoms with Gasteiger partial charge in [-0.1, -0.05) is 12.1 Å². The maximum absolute atomic E-state index is 12.6. The Morgan fingerprint density at radius 3 is 2.70 bits per heavy atom. The van der Waals surface area contributed by atoms with Crippen LogP contribution in [-0.4, -0.2) is 37.6 Å². The number of hydrazone groups is 1. The highest BCUT2D eigenvalue weighted by Crippen LogP contribution is 2.38. The minimum Gasteiger partial charge on any atom is -0.424 e. The van der Waals surface area contributed by atoms with E-state index in [1.807, 2.05) is 0 Å². The molecule has 0 unspecified atom stereocenters. The summed E-state index contributed by atoms with van der Waals surface area (Å²) in [5.41, 5.74) is 16.1. The van der Waals surface area contributed by atoms with Crippen molar-refractivity contribution in [3.05, 3.63) is 35.9 Å². The first-order chi connectivity index (χ1) is 14.3. The van der Waals surface area contributed by atoms with E-state index in [0.717, 1.165) is 13.1 Å². The molecule has 13 heteroatoms. The molecule has 1 aromatic heterocycles. The predicted octanol–water partition coefficient (Wildman–Crippen LogP) is -0.128. The maximum atomic E-state index is 12.6. The summed E-state index contributed by atoms with van der Waals surface area (Å²) in [6.45, 7) is 1.53. The number of hydrazine groups is 1. The fourth-order valence-corrected chi connectivity index (χ4v) is 5.65. The number of nitrogens with two attached hydrogens (primary N) is 4. The van der Waals surface area contributed by atoms with Gasteiger partial charge in [-0.25, -0.2) is 24.9 Å². The van der Waals surface area contributed by atoms with Crippen LogP contribution in [0.3, 0.4) is 0 Å². The summed E-state index contributed by atoms with van der Waals surface area (Å²) in [5.74, 6) is 5.17. The molecular weight excluding hydrogens is 428 g/mol. The Labute approximate surface area is 176 Å². The van der Waals surface area contributed by atoms with Gasteiger partial charge in [0.15, 0.2) is 11.4 Å². The number of anilines is 1. The smallest absolute Gasteiger partial charge is 0.292 e. The number of sulfonamides is 1. The Hall–Kier alpha value is -2.84. The van der Waals surface area contributed by atoms with Gasteiger partial charge in [-0.3, -0.25) is 0 Å². The Kier molecular flexibility index (Phi) is 5.29. The summed E-state index contributed by atoms with van der Waals surface area (Å²) in [4.78, 5) is 4.45. The monoisotopic (exact) mass is 448 g/mol. The number of hydrogen-bond acceptors (Lipinski definition) is 10. The fraction of sp³-hybridized carbons (Fsp3) is 0.176. The van der Waals surface area contributed by atoms with Gasteiger partial charge in [0.25, 0.3) is 6.01 Å². The fourth-order valence-electron chi connectivity index (χ4n) is 3.19. The minimum absolute atomic E-state index is 0.0295. The van der Waals surface area contributed by atoms with E-state index in [4.69, 9.17) is 26.9 Å². The molecule has 0 bridgehead atoms. The van der Waals surface area contributed by atoms with Crippen LogP contribution in [0.4, 0.5) is 6.01 Å². The lowest BCUT2D eigenvalue weighted by Crippen LogP contribution is -2.44. The summed E-state index contributed by atoms with van der Waals surface area (Å²) in [6, 6.07) is 8.66. The van der Waals surface area contributed by atoms with Gasteiger partial charge in [0.2, 0.25) is 10.0 Å². The molecule has 0 amide bonds. The molecule has 1 saturated heterocycles. The number of amidine groups is 1. The lowest BCUT2D eigenvalue weighted by atomic mass is 9.98. The second-order valence-electron chi connectivity index (χ2n) is 6.62. The molecule has 1 fully saturated rings. The number of thioether (sulfide) groups is 1. The van der Waals surface area contributed by atoms with Crippen LogP contribution < -0.4 is 33.3 Å². The standard InChI is InChI=1S/C17H20N8O3S2/c18-16(24-25-20)14-10(8-1-3-11-12(5-8)28-17(19)23-11)2-4-13(15(14)30(21,26)27)29-9-6-22-7-9/h1-5,9,22,25H,6-7,20H2,(H2,18,24)(H2,19,23)(H2,21,26,27). The first-order valence-electron chi connectivity index (χ1n) is 8.80. The van der Waals surface area contributed by atoms with E-state index in [1.54, 1.807) is 30.3 Å². The third-order valence-corrected chi connectivity index (χ3v) is 6.98. The molecule has 2 aromatic carbocycles. The minimum atomic E-state index is -4.15. The topological polar surface area (TPSA) is 201 Å². The molecule has 0 spiro atoms. The molecule has 10 N–H and O–H groups in total. The highest BCUT2D eigenvalue weighted by atomic mass is 32.2. The van der Waals surface area contributed by atoms with Gasteiger partial charge >= 0.3 is 0 Å². The van der Waals surface area contributed by atoms with Crippen LogP contribution >= 0.6 is 11.8 Å². The normalized spacial score (nSPS) is 15.3. The molecule has 1 aliphatic rings. The quantitative estimate of drug-likeness (QED) is 0.128. The van der Waals surface area contributed by atoms with Gasteiger partial charge in [0.05, 0.1) is 0 Å². The van der Waals surface area contributed by atoms with Crippen molar-refractivity contribution in [2.75, 3.05) is 18.8 Å². The van der Waals surface area contributed by atoms with Gasteiger partial charge in [-0.05, 0) is 29.3 Å². The molecular formula is C17H20N8O3S2. The van der Waals surface area contributed by atoms with E-state index >= 15 is 0 Å². The molecule has 4 rings (SSSR count). The average molecular weight is 449 g/mol. The van der Waals surface area contributed by atoms with Gasteiger partial charge in [-0.2, -0.15) is 4.98 Å². The van der Waals surface area contributed by atoms with Crippen LogP contribution in [0.2, 0.25) is 0 Å². The summed E-state index contributed by atoms with van der Waals surface area (Å²) < 4.78 is 30.6. The number of benzene rings is 2. The van der Waals surface area contributed by atoms with Crippen LogP contribution in [-0.2, 0) is 10.0 Å². The van der Waals surface area contributed by atoms with E-state index in [-0.39, 0.29) is 27.6 Å². The Balaban J connectivity index is 1.97. The number of fused-ring (bicyclic) bond motifs is 1. The zero-order valence-electron chi connectivity index (χ0n) is 15.6. The lowest BCUT2D eigenvalue weighted by molar-refractivity contribution is 0.543. The summed E-state index contributed by atoms with van der Waals surface area (Å²) in [7, 11) is -4.15. The molecule has 158 valence electrons. The van der Waals surface area contributed by atoms with Crippen molar-refractivity contribution in [1.82, 2.24) is 15.8 Å². The van der Waals surface area contributed by atoms with E-state index in [1.165, 1.54) is 11.8 Å². The molecule has 11 nitrogen and oxygen atoms in total. The number of hydrogen-bond donors (Lipinski definition) is 6. The van der Waals surface area contributed by atoms with Gasteiger partial charge in [-0.15, -0.1) is 16.9 Å². The van der Waals surface area contributed by atoms with E-state index in [2.05, 4.69) is 20.9 Å². The third kappa shape index (κ3) is 3.80. The molecule has 0 radical (unpaired) electrons. The zero-order valence-corrected chi connectivity index (χ0v) is 17.3. The Morgan fingerprint density at radius 1 is 1.30 bits per heavy atom. The summed E-state index contributed by atoms with van der Waals surface area (Å²) in [6.07, 6.45) is 0. The van der Waals surface area contributed by atoms with Gasteiger partial charge in [0.1, 0.15) is 10.4 Å². The van der Waals surface area contributed by atoms with Crippen molar-refractivity contribution in [3.63, 3.8) is 0 Å². The Morgan fingerprint density at radius 2 is 2.07 bits per heavy atom. The number of nitrogens with one attached hydrogen (secondary N) is 2. The van der Waals surface area contributed by atoms with Crippen molar-refractivity contribution < 1.29 is 12.8 Å². The van der Waals surface area contributed by atoms with Crippen molar-refractivity contribution in [2.24, 2.45) is 21.8 Å². The Bertz CT molecular complexity index is 1250. The molecule has 0 aliphatic carbocycles. The summed E-state index contributed by atoms with van der Waals surface area (Å²) in [5, 5.41) is 12.8. The second kappa shape index (κ2) is 7.77. The van der Waals surface area contributed by atoms with E-state index < -0.39 is 10.0 Å². The van der Waals surface area contributed by atoms with Crippen molar-refractivity contribution in [2.45, 2.75) is 15.0 Å². The first-order valence-corrected chi connectivity index (χ1v) is 11.2. The van der Waals surface area contributed by atoms with Crippen molar-refractivity contribution in [1.29, 1.82) is 0 Å². The zero-order chi connectivity index (χ0) is 21.5. The molecule has 30 heavy (non-hydrogen) atoms. The highest BCUT2D eigenvalue weighted by molar-refractivity contribution is 8.00. The number of nitrogen functional groups attached to an aromatic ring is 1. The SMILES string of the molecule is NN/N=C(\N)c1c(-c2ccc3nc(N)oc3c2)ccc(SC2CNC2)c1S(N)(=O)=O. The van der Waals surface area contributed by atoms with Crippen LogP contribution in [0.15, 0.2) is 49.6 Å². The molecule has 3 aromatic rings.